The van der Waals surface area contributed by atoms with Crippen molar-refractivity contribution in [1.82, 2.24) is 14.8 Å². The third kappa shape index (κ3) is 3.21. The molecule has 0 fully saturated rings. The molecule has 0 saturated carbocycles. The summed E-state index contributed by atoms with van der Waals surface area (Å²) in [7, 11) is 0. The van der Waals surface area contributed by atoms with E-state index >= 15 is 0 Å². The van der Waals surface area contributed by atoms with E-state index in [2.05, 4.69) is 10.2 Å². The van der Waals surface area contributed by atoms with Gasteiger partial charge in [-0.1, -0.05) is 12.1 Å². The van der Waals surface area contributed by atoms with Crippen molar-refractivity contribution in [2.45, 2.75) is 30.6 Å². The van der Waals surface area contributed by atoms with E-state index in [9.17, 15) is 4.79 Å². The van der Waals surface area contributed by atoms with Gasteiger partial charge in [-0.2, -0.15) is 0 Å². The Balaban J connectivity index is 1.96. The molecule has 0 aliphatic heterocycles. The van der Waals surface area contributed by atoms with E-state index in [-0.39, 0.29) is 0 Å². The molecule has 2 heterocycles. The lowest BCUT2D eigenvalue weighted by molar-refractivity contribution is 0.109. The number of aromatic nitrogens is 3. The van der Waals surface area contributed by atoms with Crippen molar-refractivity contribution in [2.24, 2.45) is 0 Å². The smallest absolute Gasteiger partial charge is 0.199 e. The Labute approximate surface area is 143 Å². The second-order valence-corrected chi connectivity index (χ2v) is 5.83. The number of para-hydroxylation sites is 1. The standard InChI is InChI=1S/C17H17N3O3S/c1-3-20-16(13-7-5-6-8-14(13)22-4-2)18-19-17(20)24-15-10-9-12(11-21)23-15/h5-11H,3-4H2,1-2H3. The first kappa shape index (κ1) is 16.3. The van der Waals surface area contributed by atoms with Crippen LogP contribution in [0.15, 0.2) is 51.1 Å². The van der Waals surface area contributed by atoms with Crippen LogP contribution in [0.3, 0.4) is 0 Å². The van der Waals surface area contributed by atoms with Gasteiger partial charge in [0.05, 0.1) is 12.2 Å². The SMILES string of the molecule is CCOc1ccccc1-c1nnc(Sc2ccc(C=O)o2)n1CC. The summed E-state index contributed by atoms with van der Waals surface area (Å²) in [6.45, 7) is 5.26. The first-order valence-electron chi connectivity index (χ1n) is 7.65. The number of hydrogen-bond acceptors (Lipinski definition) is 6. The lowest BCUT2D eigenvalue weighted by atomic mass is 10.2. The zero-order valence-corrected chi connectivity index (χ0v) is 14.2. The van der Waals surface area contributed by atoms with Gasteiger partial charge in [0, 0.05) is 6.54 Å². The molecule has 0 bridgehead atoms. The summed E-state index contributed by atoms with van der Waals surface area (Å²) in [5.41, 5.74) is 0.897. The Hall–Kier alpha value is -2.54. The number of nitrogens with zero attached hydrogens (tertiary/aromatic N) is 3. The highest BCUT2D eigenvalue weighted by Crippen LogP contribution is 2.33. The number of aldehydes is 1. The minimum absolute atomic E-state index is 0.293. The second-order valence-electron chi connectivity index (χ2n) is 4.86. The highest BCUT2D eigenvalue weighted by atomic mass is 32.2. The Morgan fingerprint density at radius 3 is 2.75 bits per heavy atom. The van der Waals surface area contributed by atoms with E-state index in [1.165, 1.54) is 11.8 Å². The molecule has 0 atom stereocenters. The van der Waals surface area contributed by atoms with Crippen LogP contribution in [0.2, 0.25) is 0 Å². The van der Waals surface area contributed by atoms with Gasteiger partial charge in [-0.3, -0.25) is 4.79 Å². The molecule has 0 amide bonds. The fourth-order valence-corrected chi connectivity index (χ4v) is 3.19. The maximum atomic E-state index is 10.7. The minimum atomic E-state index is 0.293. The van der Waals surface area contributed by atoms with Crippen LogP contribution in [0.25, 0.3) is 11.4 Å². The van der Waals surface area contributed by atoms with Crippen molar-refractivity contribution in [2.75, 3.05) is 6.61 Å². The number of carbonyl (C=O) groups excluding carboxylic acids is 1. The van der Waals surface area contributed by atoms with E-state index in [1.807, 2.05) is 42.7 Å². The van der Waals surface area contributed by atoms with Gasteiger partial charge in [0.25, 0.3) is 0 Å². The maximum absolute atomic E-state index is 10.7. The third-order valence-corrected chi connectivity index (χ3v) is 4.28. The lowest BCUT2D eigenvalue weighted by Gasteiger charge is -2.11. The van der Waals surface area contributed by atoms with Crippen LogP contribution >= 0.6 is 11.8 Å². The summed E-state index contributed by atoms with van der Waals surface area (Å²) in [4.78, 5) is 10.7. The summed E-state index contributed by atoms with van der Waals surface area (Å²) in [6, 6.07) is 11.1. The van der Waals surface area contributed by atoms with Gasteiger partial charge >= 0.3 is 0 Å². The van der Waals surface area contributed by atoms with Gasteiger partial charge < -0.3 is 13.7 Å². The number of benzene rings is 1. The van der Waals surface area contributed by atoms with Crippen molar-refractivity contribution < 1.29 is 13.9 Å². The molecule has 24 heavy (non-hydrogen) atoms. The van der Waals surface area contributed by atoms with Crippen molar-refractivity contribution in [3.63, 3.8) is 0 Å². The number of furan rings is 1. The molecule has 6 nitrogen and oxygen atoms in total. The van der Waals surface area contributed by atoms with Gasteiger partial charge in [-0.05, 0) is 49.9 Å². The first-order chi connectivity index (χ1) is 11.8. The predicted molar refractivity (Wildman–Crippen MR) is 90.5 cm³/mol. The number of ether oxygens (including phenoxy) is 1. The molecule has 3 rings (SSSR count). The van der Waals surface area contributed by atoms with Gasteiger partial charge in [0.1, 0.15) is 5.75 Å². The van der Waals surface area contributed by atoms with Crippen molar-refractivity contribution in [1.29, 1.82) is 0 Å². The van der Waals surface area contributed by atoms with Gasteiger partial charge in [-0.25, -0.2) is 0 Å². The third-order valence-electron chi connectivity index (χ3n) is 3.37. The lowest BCUT2D eigenvalue weighted by Crippen LogP contribution is -2.01. The molecule has 3 aromatic rings. The van der Waals surface area contributed by atoms with Crippen LogP contribution in [0.4, 0.5) is 0 Å². The van der Waals surface area contributed by atoms with Crippen LogP contribution in [-0.4, -0.2) is 27.7 Å². The average molecular weight is 343 g/mol. The van der Waals surface area contributed by atoms with Crippen LogP contribution in [-0.2, 0) is 6.54 Å². The fourth-order valence-electron chi connectivity index (χ4n) is 2.32. The molecule has 124 valence electrons. The molecule has 1 aromatic carbocycles. The van der Waals surface area contributed by atoms with E-state index in [1.54, 1.807) is 12.1 Å². The Morgan fingerprint density at radius 2 is 2.04 bits per heavy atom. The molecule has 0 spiro atoms. The minimum Gasteiger partial charge on any atom is -0.493 e. The fraction of sp³-hybridized carbons (Fsp3) is 0.235. The number of rotatable bonds is 7. The highest BCUT2D eigenvalue weighted by molar-refractivity contribution is 7.99. The predicted octanol–water partition coefficient (Wildman–Crippen LogP) is 3.92. The Bertz CT molecular complexity index is 841. The molecule has 0 aliphatic rings. The molecule has 7 heteroatoms. The van der Waals surface area contributed by atoms with Crippen molar-refractivity contribution >= 4 is 18.0 Å². The largest absolute Gasteiger partial charge is 0.493 e. The quantitative estimate of drug-likeness (QED) is 0.606. The zero-order chi connectivity index (χ0) is 16.9. The van der Waals surface area contributed by atoms with Gasteiger partial charge in [0.2, 0.25) is 0 Å². The normalized spacial score (nSPS) is 10.8. The van der Waals surface area contributed by atoms with Crippen LogP contribution in [0, 0.1) is 0 Å². The topological polar surface area (TPSA) is 70.2 Å². The van der Waals surface area contributed by atoms with Crippen LogP contribution in [0.5, 0.6) is 5.75 Å². The van der Waals surface area contributed by atoms with E-state index in [0.717, 1.165) is 17.1 Å². The van der Waals surface area contributed by atoms with E-state index < -0.39 is 0 Å². The molecule has 0 saturated heterocycles. The summed E-state index contributed by atoms with van der Waals surface area (Å²) in [6.07, 6.45) is 0.679. The molecule has 0 aliphatic carbocycles. The Morgan fingerprint density at radius 1 is 1.21 bits per heavy atom. The molecule has 0 radical (unpaired) electrons. The Kier molecular flexibility index (Phi) is 5.00. The average Bonchev–Trinajstić information content (AvgIpc) is 3.22. The molecule has 0 N–H and O–H groups in total. The van der Waals surface area contributed by atoms with Gasteiger partial charge in [0.15, 0.2) is 28.1 Å². The van der Waals surface area contributed by atoms with Crippen LogP contribution in [0.1, 0.15) is 24.4 Å². The molecular formula is C17H17N3O3S. The molecular weight excluding hydrogens is 326 g/mol. The van der Waals surface area contributed by atoms with Gasteiger partial charge in [-0.15, -0.1) is 10.2 Å². The summed E-state index contributed by atoms with van der Waals surface area (Å²) >= 11 is 1.33. The van der Waals surface area contributed by atoms with E-state index in [4.69, 9.17) is 9.15 Å². The highest BCUT2D eigenvalue weighted by Gasteiger charge is 2.18. The summed E-state index contributed by atoms with van der Waals surface area (Å²) < 4.78 is 13.1. The monoisotopic (exact) mass is 343 g/mol. The van der Waals surface area contributed by atoms with Crippen molar-refractivity contribution in [3.8, 4) is 17.1 Å². The molecule has 2 aromatic heterocycles. The number of carbonyl (C=O) groups is 1. The maximum Gasteiger partial charge on any atom is 0.199 e. The number of hydrogen-bond donors (Lipinski definition) is 0. The van der Waals surface area contributed by atoms with E-state index in [0.29, 0.717) is 35.4 Å². The summed E-state index contributed by atoms with van der Waals surface area (Å²) in [5, 5.41) is 9.89. The zero-order valence-electron chi connectivity index (χ0n) is 13.4. The van der Waals surface area contributed by atoms with Crippen LogP contribution < -0.4 is 4.74 Å². The second kappa shape index (κ2) is 7.35. The summed E-state index contributed by atoms with van der Waals surface area (Å²) in [5.74, 6) is 1.81. The molecule has 0 unspecified atom stereocenters. The first-order valence-corrected chi connectivity index (χ1v) is 8.46. The van der Waals surface area contributed by atoms with Crippen molar-refractivity contribution in [3.05, 3.63) is 42.2 Å².